The van der Waals surface area contributed by atoms with E-state index in [1.54, 1.807) is 48.6 Å². The van der Waals surface area contributed by atoms with E-state index in [4.69, 9.17) is 40.8 Å². The zero-order valence-electron chi connectivity index (χ0n) is 72.4. The Morgan fingerprint density at radius 3 is 1.27 bits per heavy atom. The summed E-state index contributed by atoms with van der Waals surface area (Å²) in [5.41, 5.74) is 0.311. The van der Waals surface area contributed by atoms with E-state index in [2.05, 4.69) is 72.6 Å². The molecule has 4 aromatic carbocycles. The lowest BCUT2D eigenvalue weighted by Gasteiger charge is -2.35. The van der Waals surface area contributed by atoms with Crippen LogP contribution < -0.4 is 47.3 Å². The first-order chi connectivity index (χ1) is 61.5. The van der Waals surface area contributed by atoms with Crippen LogP contribution >= 0.6 is 43.5 Å². The molecule has 1 aliphatic carbocycles. The van der Waals surface area contributed by atoms with Gasteiger partial charge in [-0.15, -0.1) is 0 Å². The molecule has 3 N–H and O–H groups in total. The molecule has 16 rings (SSSR count). The number of amides is 3. The lowest BCUT2D eigenvalue weighted by molar-refractivity contribution is -0.139. The highest BCUT2D eigenvalue weighted by molar-refractivity contribution is 9.10. The summed E-state index contributed by atoms with van der Waals surface area (Å²) in [6.45, 7) is 23.5. The summed E-state index contributed by atoms with van der Waals surface area (Å²) in [7, 11) is 0. The molecule has 5 aromatic heterocycles. The monoisotopic (exact) mass is 1960 g/mol. The van der Waals surface area contributed by atoms with Crippen LogP contribution in [-0.4, -0.2) is 196 Å². The van der Waals surface area contributed by atoms with E-state index in [0.717, 1.165) is 55.9 Å². The van der Waals surface area contributed by atoms with Crippen LogP contribution in [0, 0.1) is 5.92 Å². The maximum atomic E-state index is 14.1. The molecule has 0 radical (unpaired) electrons. The number of morpholine rings is 3. The van der Waals surface area contributed by atoms with Crippen molar-refractivity contribution < 1.29 is 76.9 Å². The number of rotatable bonds is 17. The summed E-state index contributed by atoms with van der Waals surface area (Å²) in [5, 5.41) is 9.30. The van der Waals surface area contributed by atoms with E-state index in [1.165, 1.54) is 66.6 Å². The second-order valence-electron chi connectivity index (χ2n) is 34.0. The summed E-state index contributed by atoms with van der Waals surface area (Å²) >= 11 is 11.6. The number of fused-ring (bicyclic) bond motifs is 3. The standard InChI is InChI=1S/C31H32BrF5N6O3.C30H33BrF3N5O3.C28H31ClF3N7O3/c1-16-11-21-24(14-42(16)28(44)19-5-7-23(32)22(12-19)31(35,36)37)40-30(39-17(2)18-3-4-18)43(29(21)45)20-6-8-26(38-13-20)41-9-10-46-25(15-41)27(33)34;1-17(2)35-29-36-26-16-38(27(40)20-5-10-25(31)24(14-20)30(32,33)34)18(3)13-23(26)28(41)39(29)22-8-6-21(7-9-22)37-11-12-42-19(4)15-37;1-15(2)35-27-36-22-14-38(25(40)18-5-6-21(29)20(10-18)28(30,31)32)16(3)9-19(22)26(41)39(27)24-12-33-23(11-34-24)37-7-8-42-17(4)13-37/h5-8,12-13,16-18,25,27H,3-4,9-11,14-15H2,1-2H3,(H,39,40);5-10,14,17-19H,11-13,15-16H2,1-4H3,(H,35,36);5-6,10-12,15-17H,7-9,13-14H2,1-4H3,(H,35,36). The summed E-state index contributed by atoms with van der Waals surface area (Å²) in [4.78, 5) is 120. The number of ether oxygens (including phenoxy) is 3. The third-order valence-corrected chi connectivity index (χ3v) is 25.2. The first-order valence-corrected chi connectivity index (χ1v) is 44.5. The van der Waals surface area contributed by atoms with Gasteiger partial charge in [-0.25, -0.2) is 52.4 Å². The van der Waals surface area contributed by atoms with Gasteiger partial charge in [0.2, 0.25) is 17.8 Å². The lowest BCUT2D eigenvalue weighted by atomic mass is 9.98. The van der Waals surface area contributed by atoms with Crippen molar-refractivity contribution in [3.63, 3.8) is 0 Å². The Hall–Kier alpha value is -10.7. The molecule has 11 heterocycles. The Kier molecular flexibility index (Phi) is 28.6. The van der Waals surface area contributed by atoms with E-state index in [1.807, 2.05) is 72.7 Å². The summed E-state index contributed by atoms with van der Waals surface area (Å²) in [6, 6.07) is 19.4. The molecule has 7 unspecified atom stereocenters. The zero-order chi connectivity index (χ0) is 93.6. The van der Waals surface area contributed by atoms with Gasteiger partial charge in [0.1, 0.15) is 17.7 Å². The molecule has 3 saturated heterocycles. The fourth-order valence-corrected chi connectivity index (χ4v) is 17.7. The van der Waals surface area contributed by atoms with Gasteiger partial charge in [-0.2, -0.15) is 39.5 Å². The molecule has 130 heavy (non-hydrogen) atoms. The summed E-state index contributed by atoms with van der Waals surface area (Å²) < 4.78 is 168. The van der Waals surface area contributed by atoms with Crippen LogP contribution in [-0.2, 0) is 71.6 Å². The fourth-order valence-electron chi connectivity index (χ4n) is 16.6. The minimum Gasteiger partial charge on any atom is -0.375 e. The van der Waals surface area contributed by atoms with Crippen molar-refractivity contribution in [1.82, 2.24) is 58.3 Å². The van der Waals surface area contributed by atoms with Crippen molar-refractivity contribution in [1.29, 1.82) is 0 Å². The van der Waals surface area contributed by atoms with Gasteiger partial charge in [0, 0.05) is 117 Å². The highest BCUT2D eigenvalue weighted by atomic mass is 79.9. The van der Waals surface area contributed by atoms with Gasteiger partial charge in [0.15, 0.2) is 5.82 Å². The van der Waals surface area contributed by atoms with Gasteiger partial charge in [0.25, 0.3) is 40.8 Å². The maximum absolute atomic E-state index is 14.1. The molecule has 694 valence electrons. The van der Waals surface area contributed by atoms with E-state index < -0.39 is 88.6 Å². The predicted octanol–water partition coefficient (Wildman–Crippen LogP) is 15.6. The smallest absolute Gasteiger partial charge is 0.375 e. The third kappa shape index (κ3) is 21.2. The van der Waals surface area contributed by atoms with E-state index >= 15 is 0 Å². The van der Waals surface area contributed by atoms with Gasteiger partial charge >= 0.3 is 18.5 Å². The largest absolute Gasteiger partial charge is 0.417 e. The number of carbonyl (C=O) groups is 3. The van der Waals surface area contributed by atoms with Crippen LogP contribution in [0.5, 0.6) is 0 Å². The Balaban J connectivity index is 0.000000158. The van der Waals surface area contributed by atoms with Gasteiger partial charge in [-0.3, -0.25) is 28.8 Å². The quantitative estimate of drug-likeness (QED) is 0.0714. The van der Waals surface area contributed by atoms with Crippen molar-refractivity contribution in [2.24, 2.45) is 5.92 Å². The van der Waals surface area contributed by atoms with Gasteiger partial charge in [-0.05, 0) is 198 Å². The Bertz CT molecular complexity index is 5660. The fraction of sp³-hybridized carbons (Fsp3) is 0.461. The normalized spacial score (nSPS) is 19.8. The number of nitrogens with zero attached hydrogens (tertiary/aromatic N) is 15. The van der Waals surface area contributed by atoms with Crippen LogP contribution in [0.15, 0.2) is 133 Å². The van der Waals surface area contributed by atoms with E-state index in [0.29, 0.717) is 101 Å². The van der Waals surface area contributed by atoms with Crippen molar-refractivity contribution in [3.8, 4) is 17.2 Å². The van der Waals surface area contributed by atoms with Crippen LogP contribution in [0.1, 0.15) is 164 Å². The Morgan fingerprint density at radius 1 is 0.454 bits per heavy atom. The highest BCUT2D eigenvalue weighted by Gasteiger charge is 2.42. The maximum Gasteiger partial charge on any atom is 0.417 e. The Labute approximate surface area is 762 Å². The molecule has 7 atom stereocenters. The summed E-state index contributed by atoms with van der Waals surface area (Å²) in [6.07, 6.45) is -10.4. The second-order valence-corrected chi connectivity index (χ2v) is 36.1. The number of carbonyl (C=O) groups excluding carboxylic acids is 3. The average molecular weight is 1970 g/mol. The first kappa shape index (κ1) is 95.4. The number of aromatic nitrogens is 9. The number of halogens is 14. The van der Waals surface area contributed by atoms with E-state index in [-0.39, 0.29) is 142 Å². The molecule has 6 aliphatic heterocycles. The molecule has 0 spiro atoms. The molecule has 1 saturated carbocycles. The molecule has 3 amide bonds. The molecule has 7 aliphatic rings. The number of nitrogens with one attached hydrogen (secondary N) is 3. The predicted molar refractivity (Wildman–Crippen MR) is 473 cm³/mol. The minimum absolute atomic E-state index is 0.00373. The molecule has 41 heteroatoms. The third-order valence-electron chi connectivity index (χ3n) is 23.5. The molecule has 9 aromatic rings. The van der Waals surface area contributed by atoms with Crippen LogP contribution in [0.3, 0.4) is 0 Å². The molecular weight excluding hydrogens is 1870 g/mol. The lowest BCUT2D eigenvalue weighted by Crippen LogP contribution is -2.46. The van der Waals surface area contributed by atoms with Gasteiger partial charge < -0.3 is 59.6 Å². The van der Waals surface area contributed by atoms with Gasteiger partial charge in [-0.1, -0.05) is 43.5 Å². The van der Waals surface area contributed by atoms with Crippen molar-refractivity contribution in [3.05, 3.63) is 222 Å². The van der Waals surface area contributed by atoms with Crippen LogP contribution in [0.2, 0.25) is 5.02 Å². The SMILES string of the molecule is CC(C)Nc1nc2c(c(=O)n1-c1ccc(N3CCOC(C)C3)cc1)CC(C)N(C(=O)c1ccc(Br)c(C(F)(F)F)c1)C2.CC(C)Nc1nc2c(c(=O)n1-c1cnc(N3CCOC(C)C3)cn1)CC(C)N(C(=O)c1ccc(Cl)c(C(F)(F)F)c1)C2.CC(Nc1nc2c(c(=O)n1-c1ccc(N3CCOC(C(F)F)C3)nc1)CC(C)N(C(=O)c1ccc(Br)c(C(F)(F)F)c1)C2)C1CC1. The van der Waals surface area contributed by atoms with Crippen molar-refractivity contribution >= 4 is 96.4 Å². The molecular formula is C89H96Br2ClF11N18O9. The number of alkyl halides is 11. The van der Waals surface area contributed by atoms with Crippen LogP contribution in [0.4, 0.5) is 83.5 Å². The van der Waals surface area contributed by atoms with Crippen LogP contribution in [0.25, 0.3) is 17.2 Å². The summed E-state index contributed by atoms with van der Waals surface area (Å²) in [5.74, 6) is 0.899. The number of pyridine rings is 1. The van der Waals surface area contributed by atoms with E-state index in [9.17, 15) is 77.1 Å². The van der Waals surface area contributed by atoms with Crippen molar-refractivity contribution in [2.45, 2.75) is 200 Å². The first-order valence-electron chi connectivity index (χ1n) is 42.5. The number of anilines is 6. The van der Waals surface area contributed by atoms with Gasteiger partial charge in [0.05, 0.1) is 127 Å². The van der Waals surface area contributed by atoms with Crippen molar-refractivity contribution in [2.75, 3.05) is 89.7 Å². The zero-order valence-corrected chi connectivity index (χ0v) is 76.4. The topological polar surface area (TPSA) is 278 Å². The second kappa shape index (κ2) is 39.0. The molecule has 27 nitrogen and oxygen atoms in total. The highest BCUT2D eigenvalue weighted by Crippen LogP contribution is 2.41. The number of hydrogen-bond donors (Lipinski definition) is 3. The number of hydrogen-bond acceptors (Lipinski definition) is 21. The average Bonchev–Trinajstić information content (AvgIpc) is 1.04. The minimum atomic E-state index is -4.71. The number of benzene rings is 4. The molecule has 4 fully saturated rings. The Morgan fingerprint density at radius 2 is 0.838 bits per heavy atom. The molecule has 0 bridgehead atoms.